The lowest BCUT2D eigenvalue weighted by molar-refractivity contribution is 0.0688. The van der Waals surface area contributed by atoms with E-state index < -0.39 is 5.97 Å². The number of aromatic nitrogens is 2. The first-order chi connectivity index (χ1) is 9.10. The second kappa shape index (κ2) is 5.79. The molecule has 1 aromatic carbocycles. The van der Waals surface area contributed by atoms with Crippen molar-refractivity contribution >= 4 is 21.9 Å². The highest BCUT2D eigenvalue weighted by Gasteiger charge is 2.12. The maximum Gasteiger partial charge on any atom is 0.355 e. The van der Waals surface area contributed by atoms with Gasteiger partial charge in [-0.1, -0.05) is 12.1 Å². The average Bonchev–Trinajstić information content (AvgIpc) is 2.41. The van der Waals surface area contributed by atoms with Gasteiger partial charge in [0.2, 0.25) is 0 Å². The number of methoxy groups -OCH3 is 1. The van der Waals surface area contributed by atoms with Gasteiger partial charge in [-0.2, -0.15) is 0 Å². The van der Waals surface area contributed by atoms with E-state index >= 15 is 0 Å². The van der Waals surface area contributed by atoms with E-state index in [0.717, 1.165) is 11.3 Å². The molecule has 0 saturated heterocycles. The van der Waals surface area contributed by atoms with Crippen molar-refractivity contribution in [2.75, 3.05) is 7.11 Å². The number of benzene rings is 1. The van der Waals surface area contributed by atoms with Crippen molar-refractivity contribution < 1.29 is 14.6 Å². The molecule has 1 N–H and O–H groups in total. The highest BCUT2D eigenvalue weighted by molar-refractivity contribution is 9.10. The summed E-state index contributed by atoms with van der Waals surface area (Å²) in [6, 6.07) is 7.49. The molecule has 2 rings (SSSR count). The number of rotatable bonds is 4. The van der Waals surface area contributed by atoms with Gasteiger partial charge in [0.1, 0.15) is 11.6 Å². The van der Waals surface area contributed by atoms with E-state index in [1.807, 2.05) is 24.3 Å². The predicted octanol–water partition coefficient (Wildman–Crippen LogP) is 2.54. The Bertz CT molecular complexity index is 617. The van der Waals surface area contributed by atoms with Gasteiger partial charge in [-0.25, -0.2) is 14.8 Å². The van der Waals surface area contributed by atoms with Crippen LogP contribution in [0.4, 0.5) is 0 Å². The number of hydrogen-bond donors (Lipinski definition) is 1. The topological polar surface area (TPSA) is 72.3 Å². The van der Waals surface area contributed by atoms with Crippen LogP contribution < -0.4 is 4.74 Å². The SMILES string of the molecule is COc1cccc(Cc2ncc(Br)c(C(=O)O)n2)c1. The fourth-order valence-electron chi connectivity index (χ4n) is 1.60. The maximum absolute atomic E-state index is 11.0. The van der Waals surface area contributed by atoms with Crippen LogP contribution in [-0.2, 0) is 6.42 Å². The third-order valence-electron chi connectivity index (χ3n) is 2.49. The van der Waals surface area contributed by atoms with Gasteiger partial charge in [0.25, 0.3) is 0 Å². The van der Waals surface area contributed by atoms with Crippen LogP contribution >= 0.6 is 15.9 Å². The molecule has 5 nitrogen and oxygen atoms in total. The van der Waals surface area contributed by atoms with Gasteiger partial charge in [-0.15, -0.1) is 0 Å². The number of carboxylic acid groups (broad SMARTS) is 1. The van der Waals surface area contributed by atoms with Gasteiger partial charge in [0.05, 0.1) is 11.6 Å². The second-order valence-electron chi connectivity index (χ2n) is 3.82. The highest BCUT2D eigenvalue weighted by Crippen LogP contribution is 2.17. The normalized spacial score (nSPS) is 10.2. The first-order valence-corrected chi connectivity index (χ1v) is 6.27. The molecule has 0 bridgehead atoms. The smallest absolute Gasteiger partial charge is 0.355 e. The van der Waals surface area contributed by atoms with Crippen molar-refractivity contribution in [3.05, 3.63) is 52.0 Å². The van der Waals surface area contributed by atoms with Crippen LogP contribution in [0.5, 0.6) is 5.75 Å². The molecule has 2 aromatic rings. The van der Waals surface area contributed by atoms with E-state index in [1.165, 1.54) is 6.20 Å². The van der Waals surface area contributed by atoms with Crippen molar-refractivity contribution in [1.82, 2.24) is 9.97 Å². The van der Waals surface area contributed by atoms with E-state index in [1.54, 1.807) is 7.11 Å². The Hall–Kier alpha value is -1.95. The van der Waals surface area contributed by atoms with Crippen LogP contribution in [0.2, 0.25) is 0 Å². The lowest BCUT2D eigenvalue weighted by Gasteiger charge is -2.05. The summed E-state index contributed by atoms with van der Waals surface area (Å²) < 4.78 is 5.50. The fourth-order valence-corrected chi connectivity index (χ4v) is 1.96. The standard InChI is InChI=1S/C13H11BrN2O3/c1-19-9-4-2-3-8(5-9)6-11-15-7-10(14)12(16-11)13(17)18/h2-5,7H,6H2,1H3,(H,17,18). The number of ether oxygens (including phenoxy) is 1. The van der Waals surface area contributed by atoms with E-state index in [4.69, 9.17) is 9.84 Å². The lowest BCUT2D eigenvalue weighted by Crippen LogP contribution is -2.06. The summed E-state index contributed by atoms with van der Waals surface area (Å²) in [6.07, 6.45) is 1.90. The minimum absolute atomic E-state index is 0.0344. The molecular formula is C13H11BrN2O3. The zero-order valence-corrected chi connectivity index (χ0v) is 11.7. The van der Waals surface area contributed by atoms with E-state index in [9.17, 15) is 4.79 Å². The molecule has 0 aliphatic rings. The van der Waals surface area contributed by atoms with E-state index in [2.05, 4.69) is 25.9 Å². The summed E-state index contributed by atoms with van der Waals surface area (Å²) in [5, 5.41) is 9.00. The molecule has 0 unspecified atom stereocenters. The Morgan fingerprint density at radius 3 is 2.95 bits per heavy atom. The number of nitrogens with zero attached hydrogens (tertiary/aromatic N) is 2. The van der Waals surface area contributed by atoms with Gasteiger partial charge in [-0.05, 0) is 33.6 Å². The van der Waals surface area contributed by atoms with Crippen molar-refractivity contribution in [3.63, 3.8) is 0 Å². The first-order valence-electron chi connectivity index (χ1n) is 5.48. The molecule has 6 heteroatoms. The molecule has 0 spiro atoms. The van der Waals surface area contributed by atoms with Crippen LogP contribution in [0.25, 0.3) is 0 Å². The molecule has 0 atom stereocenters. The monoisotopic (exact) mass is 322 g/mol. The summed E-state index contributed by atoms with van der Waals surface area (Å²) in [6.45, 7) is 0. The largest absolute Gasteiger partial charge is 0.497 e. The summed E-state index contributed by atoms with van der Waals surface area (Å²) in [5.41, 5.74) is 0.922. The average molecular weight is 323 g/mol. The third-order valence-corrected chi connectivity index (χ3v) is 3.07. The summed E-state index contributed by atoms with van der Waals surface area (Å²) in [7, 11) is 1.60. The Morgan fingerprint density at radius 2 is 2.26 bits per heavy atom. The first kappa shape index (κ1) is 13.5. The molecule has 98 valence electrons. The molecule has 0 aliphatic heterocycles. The predicted molar refractivity (Wildman–Crippen MR) is 72.5 cm³/mol. The van der Waals surface area contributed by atoms with Crippen LogP contribution in [-0.4, -0.2) is 28.2 Å². The summed E-state index contributed by atoms with van der Waals surface area (Å²) in [4.78, 5) is 19.1. The lowest BCUT2D eigenvalue weighted by atomic mass is 10.1. The van der Waals surface area contributed by atoms with E-state index in [-0.39, 0.29) is 5.69 Å². The molecule has 0 radical (unpaired) electrons. The number of carbonyl (C=O) groups is 1. The number of carboxylic acids is 1. The zero-order chi connectivity index (χ0) is 13.8. The molecule has 0 saturated carbocycles. The van der Waals surface area contributed by atoms with Gasteiger partial charge in [0, 0.05) is 12.6 Å². The van der Waals surface area contributed by atoms with Crippen LogP contribution in [0, 0.1) is 0 Å². The maximum atomic E-state index is 11.0. The van der Waals surface area contributed by atoms with E-state index in [0.29, 0.717) is 16.7 Å². The number of hydrogen-bond acceptors (Lipinski definition) is 4. The van der Waals surface area contributed by atoms with Crippen molar-refractivity contribution in [2.24, 2.45) is 0 Å². The zero-order valence-electron chi connectivity index (χ0n) is 10.1. The molecule has 19 heavy (non-hydrogen) atoms. The Morgan fingerprint density at radius 1 is 1.47 bits per heavy atom. The minimum atomic E-state index is -1.08. The fraction of sp³-hybridized carbons (Fsp3) is 0.154. The summed E-state index contributed by atoms with van der Waals surface area (Å²) in [5.74, 6) is 0.114. The molecule has 0 fully saturated rings. The summed E-state index contributed by atoms with van der Waals surface area (Å²) >= 11 is 3.11. The van der Waals surface area contributed by atoms with Crippen molar-refractivity contribution in [2.45, 2.75) is 6.42 Å². The third kappa shape index (κ3) is 3.29. The van der Waals surface area contributed by atoms with Crippen LogP contribution in [0.1, 0.15) is 21.9 Å². The Balaban J connectivity index is 2.28. The van der Waals surface area contributed by atoms with Gasteiger partial charge >= 0.3 is 5.97 Å². The van der Waals surface area contributed by atoms with Crippen molar-refractivity contribution in [1.29, 1.82) is 0 Å². The quantitative estimate of drug-likeness (QED) is 0.936. The number of halogens is 1. The number of aromatic carboxylic acids is 1. The van der Waals surface area contributed by atoms with Crippen LogP contribution in [0.15, 0.2) is 34.9 Å². The second-order valence-corrected chi connectivity index (χ2v) is 4.67. The van der Waals surface area contributed by atoms with Gasteiger partial charge < -0.3 is 9.84 Å². The van der Waals surface area contributed by atoms with Gasteiger partial charge in [0.15, 0.2) is 5.69 Å². The molecule has 1 heterocycles. The Kier molecular flexibility index (Phi) is 4.11. The Labute approximate surface area is 118 Å². The minimum Gasteiger partial charge on any atom is -0.497 e. The molecule has 0 aliphatic carbocycles. The molecule has 1 aromatic heterocycles. The van der Waals surface area contributed by atoms with Gasteiger partial charge in [-0.3, -0.25) is 0 Å². The van der Waals surface area contributed by atoms with Crippen molar-refractivity contribution in [3.8, 4) is 5.75 Å². The highest BCUT2D eigenvalue weighted by atomic mass is 79.9. The van der Waals surface area contributed by atoms with Crippen LogP contribution in [0.3, 0.4) is 0 Å². The molecular weight excluding hydrogens is 312 g/mol. The molecule has 0 amide bonds.